The number of rotatable bonds is 7. The summed E-state index contributed by atoms with van der Waals surface area (Å²) in [4.78, 5) is 25.1. The highest BCUT2D eigenvalue weighted by molar-refractivity contribution is 5.78. The molecule has 0 unspecified atom stereocenters. The Hall–Kier alpha value is -1.88. The van der Waals surface area contributed by atoms with Gasteiger partial charge in [0.2, 0.25) is 11.8 Å². The Bertz CT molecular complexity index is 502. The second kappa shape index (κ2) is 7.78. The number of nitrogens with zero attached hydrogens (tertiary/aromatic N) is 1. The molecule has 5 heteroatoms. The van der Waals surface area contributed by atoms with Crippen molar-refractivity contribution in [3.8, 4) is 0 Å². The van der Waals surface area contributed by atoms with Crippen LogP contribution in [0.25, 0.3) is 0 Å². The van der Waals surface area contributed by atoms with E-state index >= 15 is 0 Å². The maximum absolute atomic E-state index is 11.6. The van der Waals surface area contributed by atoms with Crippen LogP contribution in [0.15, 0.2) is 24.3 Å². The van der Waals surface area contributed by atoms with E-state index in [1.807, 2.05) is 23.1 Å². The third kappa shape index (κ3) is 4.86. The maximum Gasteiger partial charge on any atom is 0.222 e. The van der Waals surface area contributed by atoms with Crippen LogP contribution in [0.5, 0.6) is 0 Å². The molecule has 5 nitrogen and oxygen atoms in total. The first-order chi connectivity index (χ1) is 10.2. The lowest BCUT2D eigenvalue weighted by atomic mass is 10.1. The Morgan fingerprint density at radius 1 is 1.33 bits per heavy atom. The molecule has 0 spiro atoms. The monoisotopic (exact) mass is 289 g/mol. The summed E-state index contributed by atoms with van der Waals surface area (Å²) in [5, 5.41) is 2.89. The van der Waals surface area contributed by atoms with E-state index in [2.05, 4.69) is 11.4 Å². The van der Waals surface area contributed by atoms with Gasteiger partial charge in [-0.2, -0.15) is 0 Å². The van der Waals surface area contributed by atoms with Crippen molar-refractivity contribution in [1.82, 2.24) is 10.2 Å². The Kier molecular flexibility index (Phi) is 5.75. The van der Waals surface area contributed by atoms with Crippen LogP contribution in [0.1, 0.15) is 36.8 Å². The fourth-order valence-electron chi connectivity index (χ4n) is 2.48. The summed E-state index contributed by atoms with van der Waals surface area (Å²) in [7, 11) is 0. The van der Waals surface area contributed by atoms with E-state index in [9.17, 15) is 9.59 Å². The summed E-state index contributed by atoms with van der Waals surface area (Å²) < 4.78 is 0. The standard InChI is InChI=1S/C16H23N3O2/c17-8-2-6-15(20)18-11-13-4-1-5-14(10-13)12-19-9-3-7-16(19)21/h1,4-5,10H,2-3,6-9,11-12,17H2,(H,18,20). The Balaban J connectivity index is 1.85. The molecular formula is C16H23N3O2. The topological polar surface area (TPSA) is 75.4 Å². The Morgan fingerprint density at radius 2 is 2.14 bits per heavy atom. The van der Waals surface area contributed by atoms with Crippen LogP contribution >= 0.6 is 0 Å². The van der Waals surface area contributed by atoms with Gasteiger partial charge in [-0.3, -0.25) is 9.59 Å². The lowest BCUT2D eigenvalue weighted by Crippen LogP contribution is -2.24. The summed E-state index contributed by atoms with van der Waals surface area (Å²) in [5.74, 6) is 0.260. The number of benzene rings is 1. The van der Waals surface area contributed by atoms with Crippen LogP contribution in [-0.2, 0) is 22.7 Å². The van der Waals surface area contributed by atoms with Crippen LogP contribution in [-0.4, -0.2) is 29.8 Å². The largest absolute Gasteiger partial charge is 0.352 e. The first-order valence-electron chi connectivity index (χ1n) is 7.51. The summed E-state index contributed by atoms with van der Waals surface area (Å²) in [6, 6.07) is 8.02. The van der Waals surface area contributed by atoms with E-state index in [0.717, 1.165) is 24.1 Å². The quantitative estimate of drug-likeness (QED) is 0.791. The fraction of sp³-hybridized carbons (Fsp3) is 0.500. The highest BCUT2D eigenvalue weighted by Crippen LogP contribution is 2.15. The number of hydrogen-bond acceptors (Lipinski definition) is 3. The molecule has 1 heterocycles. The highest BCUT2D eigenvalue weighted by Gasteiger charge is 2.19. The summed E-state index contributed by atoms with van der Waals surface area (Å²) in [6.45, 7) is 2.56. The van der Waals surface area contributed by atoms with Gasteiger partial charge in [0.1, 0.15) is 0 Å². The van der Waals surface area contributed by atoms with Crippen LogP contribution < -0.4 is 11.1 Å². The third-order valence-electron chi connectivity index (χ3n) is 3.63. The van der Waals surface area contributed by atoms with E-state index in [4.69, 9.17) is 5.73 Å². The zero-order chi connectivity index (χ0) is 15.1. The van der Waals surface area contributed by atoms with Crippen molar-refractivity contribution in [1.29, 1.82) is 0 Å². The molecule has 1 aliphatic rings. The van der Waals surface area contributed by atoms with Gasteiger partial charge in [0.05, 0.1) is 0 Å². The summed E-state index contributed by atoms with van der Waals surface area (Å²) in [6.07, 6.45) is 2.80. The Morgan fingerprint density at radius 3 is 2.86 bits per heavy atom. The first-order valence-corrected chi connectivity index (χ1v) is 7.51. The summed E-state index contributed by atoms with van der Waals surface area (Å²) in [5.41, 5.74) is 7.55. The number of amides is 2. The minimum absolute atomic E-state index is 0.0283. The number of nitrogens with two attached hydrogens (primary N) is 1. The van der Waals surface area contributed by atoms with Gasteiger partial charge in [-0.1, -0.05) is 24.3 Å². The van der Waals surface area contributed by atoms with Crippen molar-refractivity contribution in [3.63, 3.8) is 0 Å². The van der Waals surface area contributed by atoms with E-state index in [1.165, 1.54) is 0 Å². The van der Waals surface area contributed by atoms with Gasteiger partial charge in [0, 0.05) is 32.5 Å². The molecule has 0 aliphatic carbocycles. The normalized spacial score (nSPS) is 14.5. The van der Waals surface area contributed by atoms with Gasteiger partial charge in [-0.05, 0) is 30.5 Å². The van der Waals surface area contributed by atoms with Crippen LogP contribution in [0, 0.1) is 0 Å². The number of nitrogens with one attached hydrogen (secondary N) is 1. The molecular weight excluding hydrogens is 266 g/mol. The molecule has 2 amide bonds. The lowest BCUT2D eigenvalue weighted by molar-refractivity contribution is -0.128. The van der Waals surface area contributed by atoms with E-state index in [0.29, 0.717) is 38.9 Å². The number of carbonyl (C=O) groups excluding carboxylic acids is 2. The maximum atomic E-state index is 11.6. The van der Waals surface area contributed by atoms with Crippen molar-refractivity contribution >= 4 is 11.8 Å². The zero-order valence-electron chi connectivity index (χ0n) is 12.3. The fourth-order valence-corrected chi connectivity index (χ4v) is 2.48. The molecule has 2 rings (SSSR count). The average molecular weight is 289 g/mol. The number of likely N-dealkylation sites (tertiary alicyclic amines) is 1. The molecule has 0 atom stereocenters. The van der Waals surface area contributed by atoms with Crippen LogP contribution in [0.4, 0.5) is 0 Å². The van der Waals surface area contributed by atoms with Crippen molar-refractivity contribution in [2.45, 2.75) is 38.8 Å². The molecule has 0 saturated carbocycles. The van der Waals surface area contributed by atoms with Gasteiger partial charge in [-0.15, -0.1) is 0 Å². The highest BCUT2D eigenvalue weighted by atomic mass is 16.2. The van der Waals surface area contributed by atoms with Gasteiger partial charge in [0.25, 0.3) is 0 Å². The van der Waals surface area contributed by atoms with Crippen molar-refractivity contribution in [2.24, 2.45) is 5.73 Å². The van der Waals surface area contributed by atoms with Gasteiger partial charge < -0.3 is 16.0 Å². The second-order valence-electron chi connectivity index (χ2n) is 5.41. The first kappa shape index (κ1) is 15.5. The smallest absolute Gasteiger partial charge is 0.222 e. The number of carbonyl (C=O) groups is 2. The molecule has 3 N–H and O–H groups in total. The van der Waals surface area contributed by atoms with Crippen molar-refractivity contribution in [2.75, 3.05) is 13.1 Å². The van der Waals surface area contributed by atoms with E-state index in [1.54, 1.807) is 0 Å². The van der Waals surface area contributed by atoms with Crippen LogP contribution in [0.2, 0.25) is 0 Å². The molecule has 114 valence electrons. The zero-order valence-corrected chi connectivity index (χ0v) is 12.3. The van der Waals surface area contributed by atoms with Crippen molar-refractivity contribution in [3.05, 3.63) is 35.4 Å². The van der Waals surface area contributed by atoms with E-state index in [-0.39, 0.29) is 11.8 Å². The average Bonchev–Trinajstić information content (AvgIpc) is 2.88. The minimum atomic E-state index is 0.0283. The Labute approximate surface area is 125 Å². The third-order valence-corrected chi connectivity index (χ3v) is 3.63. The molecule has 0 aromatic heterocycles. The lowest BCUT2D eigenvalue weighted by Gasteiger charge is -2.16. The molecule has 0 bridgehead atoms. The molecule has 0 radical (unpaired) electrons. The van der Waals surface area contributed by atoms with Gasteiger partial charge in [-0.25, -0.2) is 0 Å². The molecule has 1 aliphatic heterocycles. The molecule has 1 fully saturated rings. The van der Waals surface area contributed by atoms with Gasteiger partial charge >= 0.3 is 0 Å². The predicted molar refractivity (Wildman–Crippen MR) is 81.2 cm³/mol. The van der Waals surface area contributed by atoms with E-state index < -0.39 is 0 Å². The van der Waals surface area contributed by atoms with Crippen molar-refractivity contribution < 1.29 is 9.59 Å². The second-order valence-corrected chi connectivity index (χ2v) is 5.41. The molecule has 21 heavy (non-hydrogen) atoms. The predicted octanol–water partition coefficient (Wildman–Crippen LogP) is 1.16. The summed E-state index contributed by atoms with van der Waals surface area (Å²) >= 11 is 0. The SMILES string of the molecule is NCCCC(=O)NCc1cccc(CN2CCCC2=O)c1. The van der Waals surface area contributed by atoms with Gasteiger partial charge in [0.15, 0.2) is 0 Å². The minimum Gasteiger partial charge on any atom is -0.352 e. The van der Waals surface area contributed by atoms with Crippen LogP contribution in [0.3, 0.4) is 0 Å². The number of hydrogen-bond donors (Lipinski definition) is 2. The molecule has 1 aromatic rings. The molecule has 1 saturated heterocycles. The molecule has 1 aromatic carbocycles.